The maximum atomic E-state index is 2.38. The Labute approximate surface area is 202 Å². The molecule has 0 atom stereocenters. The number of benzene rings is 6. The van der Waals surface area contributed by atoms with Gasteiger partial charge in [-0.2, -0.15) is 0 Å². The first-order chi connectivity index (χ1) is 16.9. The molecule has 34 heavy (non-hydrogen) atoms. The zero-order chi connectivity index (χ0) is 22.5. The fraction of sp³-hybridized carbons (Fsp3) is 0. The quantitative estimate of drug-likeness (QED) is 0.258. The summed E-state index contributed by atoms with van der Waals surface area (Å²) in [5.41, 5.74) is 3.52. The fourth-order valence-corrected chi connectivity index (χ4v) is 6.26. The second-order valence-corrected chi connectivity index (χ2v) is 9.70. The lowest BCUT2D eigenvalue weighted by molar-refractivity contribution is 1.30. The lowest BCUT2D eigenvalue weighted by Crippen LogP contribution is -2.10. The molecule has 1 nitrogen and oxygen atoms in total. The third-order valence-electron chi connectivity index (χ3n) is 6.59. The third-order valence-corrected chi connectivity index (χ3v) is 7.69. The van der Waals surface area contributed by atoms with Gasteiger partial charge in [-0.3, -0.25) is 0 Å². The Morgan fingerprint density at radius 3 is 1.68 bits per heavy atom. The number of hydrogen-bond acceptors (Lipinski definition) is 2. The number of hydrogen-bond donors (Lipinski definition) is 0. The van der Waals surface area contributed by atoms with Crippen LogP contribution in [0.4, 0.5) is 17.1 Å². The highest BCUT2D eigenvalue weighted by Gasteiger charge is 2.19. The Balaban J connectivity index is 1.60. The van der Waals surface area contributed by atoms with Crippen molar-refractivity contribution in [2.24, 2.45) is 0 Å². The molecule has 6 aromatic carbocycles. The number of nitrogens with zero attached hydrogens (tertiary/aromatic N) is 1. The maximum absolute atomic E-state index is 2.38. The molecule has 0 N–H and O–H groups in total. The molecule has 0 spiro atoms. The molecule has 0 saturated heterocycles. The number of rotatable bonds is 3. The summed E-state index contributed by atoms with van der Waals surface area (Å²) < 4.78 is 2.65. The predicted octanol–water partition coefficient (Wildman–Crippen LogP) is 9.83. The van der Waals surface area contributed by atoms with Crippen LogP contribution in [0.5, 0.6) is 0 Å². The molecule has 0 amide bonds. The monoisotopic (exact) mass is 451 g/mol. The molecule has 7 rings (SSSR count). The van der Waals surface area contributed by atoms with Crippen molar-refractivity contribution < 1.29 is 0 Å². The minimum absolute atomic E-state index is 1.16. The fourth-order valence-electron chi connectivity index (χ4n) is 5.07. The molecule has 0 aliphatic heterocycles. The molecule has 0 radical (unpaired) electrons. The summed E-state index contributed by atoms with van der Waals surface area (Å²) in [4.78, 5) is 2.38. The van der Waals surface area contributed by atoms with Crippen molar-refractivity contribution in [3.8, 4) is 0 Å². The predicted molar refractivity (Wildman–Crippen MR) is 149 cm³/mol. The zero-order valence-corrected chi connectivity index (χ0v) is 19.3. The molecule has 0 unspecified atom stereocenters. The molecule has 0 aliphatic rings. The standard InChI is InChI=1S/C32H21NS/c1-3-13-24(14-4-1)33(25-15-5-2-6-16-25)29-21-31-32(27-18-10-9-17-26(27)29)28-19-22-11-7-8-12-23(22)20-30(28)34-31/h1-21H. The SMILES string of the molecule is c1ccc(N(c2ccccc2)c2cc3sc4cc5ccccc5cc4c3c3ccccc23)cc1. The van der Waals surface area contributed by atoms with Crippen molar-refractivity contribution in [3.63, 3.8) is 0 Å². The van der Waals surface area contributed by atoms with Crippen molar-refractivity contribution >= 4 is 70.1 Å². The molecule has 0 saturated carbocycles. The van der Waals surface area contributed by atoms with E-state index >= 15 is 0 Å². The van der Waals surface area contributed by atoms with E-state index in [4.69, 9.17) is 0 Å². The first kappa shape index (κ1) is 19.3. The van der Waals surface area contributed by atoms with Crippen LogP contribution in [0.2, 0.25) is 0 Å². The van der Waals surface area contributed by atoms with Crippen LogP contribution >= 0.6 is 11.3 Å². The van der Waals surface area contributed by atoms with E-state index in [1.165, 1.54) is 47.4 Å². The normalized spacial score (nSPS) is 11.5. The van der Waals surface area contributed by atoms with E-state index in [0.717, 1.165) is 11.4 Å². The first-order valence-corrected chi connectivity index (χ1v) is 12.4. The van der Waals surface area contributed by atoms with E-state index in [9.17, 15) is 0 Å². The van der Waals surface area contributed by atoms with E-state index < -0.39 is 0 Å². The van der Waals surface area contributed by atoms with Gasteiger partial charge in [0.25, 0.3) is 0 Å². The van der Waals surface area contributed by atoms with Crippen LogP contribution in [0.1, 0.15) is 0 Å². The Morgan fingerprint density at radius 1 is 0.441 bits per heavy atom. The summed E-state index contributed by atoms with van der Waals surface area (Å²) in [5, 5.41) is 7.84. The van der Waals surface area contributed by atoms with E-state index in [1.54, 1.807) is 0 Å². The van der Waals surface area contributed by atoms with Gasteiger partial charge in [-0.25, -0.2) is 0 Å². The van der Waals surface area contributed by atoms with Crippen molar-refractivity contribution in [3.05, 3.63) is 127 Å². The smallest absolute Gasteiger partial charge is 0.0554 e. The molecule has 0 fully saturated rings. The highest BCUT2D eigenvalue weighted by Crippen LogP contribution is 2.46. The summed E-state index contributed by atoms with van der Waals surface area (Å²) >= 11 is 1.89. The molecule has 1 aromatic heterocycles. The molecule has 0 aliphatic carbocycles. The van der Waals surface area contributed by atoms with Gasteiger partial charge >= 0.3 is 0 Å². The van der Waals surface area contributed by atoms with Gasteiger partial charge in [0.05, 0.1) is 5.69 Å². The molecular weight excluding hydrogens is 430 g/mol. The molecule has 1 heterocycles. The van der Waals surface area contributed by atoms with Gasteiger partial charge in [-0.15, -0.1) is 11.3 Å². The largest absolute Gasteiger partial charge is 0.310 e. The van der Waals surface area contributed by atoms with Crippen LogP contribution in [-0.4, -0.2) is 0 Å². The number of anilines is 3. The summed E-state index contributed by atoms with van der Waals surface area (Å²) in [5.74, 6) is 0. The average molecular weight is 452 g/mol. The number of para-hydroxylation sites is 2. The highest BCUT2D eigenvalue weighted by atomic mass is 32.1. The van der Waals surface area contributed by atoms with E-state index in [1.807, 2.05) is 11.3 Å². The van der Waals surface area contributed by atoms with Crippen LogP contribution in [0, 0.1) is 0 Å². The number of thiophene rings is 1. The Hall–Kier alpha value is -4.14. The van der Waals surface area contributed by atoms with E-state index in [2.05, 4.69) is 132 Å². The first-order valence-electron chi connectivity index (χ1n) is 11.5. The second kappa shape index (κ2) is 7.72. The topological polar surface area (TPSA) is 3.24 Å². The zero-order valence-electron chi connectivity index (χ0n) is 18.5. The van der Waals surface area contributed by atoms with Crippen LogP contribution in [0.3, 0.4) is 0 Å². The molecule has 160 valence electrons. The minimum atomic E-state index is 1.16. The van der Waals surface area contributed by atoms with Crippen LogP contribution < -0.4 is 4.90 Å². The van der Waals surface area contributed by atoms with Gasteiger partial charge in [0.2, 0.25) is 0 Å². The summed E-state index contributed by atoms with van der Waals surface area (Å²) in [6.45, 7) is 0. The minimum Gasteiger partial charge on any atom is -0.310 e. The second-order valence-electron chi connectivity index (χ2n) is 8.62. The molecule has 0 bridgehead atoms. The molecule has 7 aromatic rings. The van der Waals surface area contributed by atoms with Crippen LogP contribution in [0.25, 0.3) is 41.7 Å². The maximum Gasteiger partial charge on any atom is 0.0554 e. The average Bonchev–Trinajstić information content (AvgIpc) is 3.26. The van der Waals surface area contributed by atoms with Crippen molar-refractivity contribution in [1.29, 1.82) is 0 Å². The van der Waals surface area contributed by atoms with E-state index in [0.29, 0.717) is 0 Å². The summed E-state index contributed by atoms with van der Waals surface area (Å²) in [6.07, 6.45) is 0. The highest BCUT2D eigenvalue weighted by molar-refractivity contribution is 7.26. The van der Waals surface area contributed by atoms with E-state index in [-0.39, 0.29) is 0 Å². The van der Waals surface area contributed by atoms with Gasteiger partial charge in [-0.1, -0.05) is 84.9 Å². The Morgan fingerprint density at radius 2 is 1.00 bits per heavy atom. The van der Waals surface area contributed by atoms with Crippen LogP contribution in [0.15, 0.2) is 127 Å². The van der Waals surface area contributed by atoms with Crippen molar-refractivity contribution in [2.75, 3.05) is 4.90 Å². The van der Waals surface area contributed by atoms with Crippen molar-refractivity contribution in [1.82, 2.24) is 0 Å². The van der Waals surface area contributed by atoms with Crippen LogP contribution in [-0.2, 0) is 0 Å². The lowest BCUT2D eigenvalue weighted by atomic mass is 9.99. The van der Waals surface area contributed by atoms with Crippen molar-refractivity contribution in [2.45, 2.75) is 0 Å². The van der Waals surface area contributed by atoms with Gasteiger partial charge in [0.15, 0.2) is 0 Å². The summed E-state index contributed by atoms with van der Waals surface area (Å²) in [6, 6.07) is 45.9. The number of fused-ring (bicyclic) bond motifs is 6. The van der Waals surface area contributed by atoms with Gasteiger partial charge < -0.3 is 4.90 Å². The Kier molecular flexibility index (Phi) is 4.39. The Bertz CT molecular complexity index is 1760. The van der Waals surface area contributed by atoms with Gasteiger partial charge in [0.1, 0.15) is 0 Å². The lowest BCUT2D eigenvalue weighted by Gasteiger charge is -2.27. The third kappa shape index (κ3) is 3.00. The van der Waals surface area contributed by atoms with Gasteiger partial charge in [-0.05, 0) is 58.6 Å². The van der Waals surface area contributed by atoms with Gasteiger partial charge in [0, 0.05) is 36.9 Å². The molecule has 2 heteroatoms. The summed E-state index contributed by atoms with van der Waals surface area (Å²) in [7, 11) is 0. The molecular formula is C32H21NS.